The minimum absolute atomic E-state index is 0.0907. The van der Waals surface area contributed by atoms with Crippen molar-refractivity contribution < 1.29 is 9.84 Å². The van der Waals surface area contributed by atoms with Gasteiger partial charge >= 0.3 is 0 Å². The molecule has 5 heteroatoms. The van der Waals surface area contributed by atoms with Crippen LogP contribution >= 0.6 is 0 Å². The van der Waals surface area contributed by atoms with Crippen LogP contribution in [-0.4, -0.2) is 46.1 Å². The summed E-state index contributed by atoms with van der Waals surface area (Å²) in [6.45, 7) is 3.68. The molecule has 2 heterocycles. The molecular weight excluding hydrogens is 362 g/mol. The monoisotopic (exact) mass is 391 g/mol. The molecule has 5 nitrogen and oxygen atoms in total. The number of aliphatic hydroxyl groups is 1. The van der Waals surface area contributed by atoms with E-state index in [-0.39, 0.29) is 12.0 Å². The summed E-state index contributed by atoms with van der Waals surface area (Å²) >= 11 is 0. The summed E-state index contributed by atoms with van der Waals surface area (Å²) in [6, 6.07) is 20.4. The van der Waals surface area contributed by atoms with Crippen molar-refractivity contribution in [3.63, 3.8) is 0 Å². The van der Waals surface area contributed by atoms with Gasteiger partial charge in [0.2, 0.25) is 0 Å². The van der Waals surface area contributed by atoms with Crippen molar-refractivity contribution >= 4 is 0 Å². The second-order valence-corrected chi connectivity index (χ2v) is 8.00. The fourth-order valence-electron chi connectivity index (χ4n) is 4.24. The first-order valence-electron chi connectivity index (χ1n) is 10.4. The Morgan fingerprint density at radius 1 is 1.07 bits per heavy atom. The largest absolute Gasteiger partial charge is 0.494 e. The molecule has 1 aromatic heterocycles. The van der Waals surface area contributed by atoms with Crippen LogP contribution < -0.4 is 4.74 Å². The van der Waals surface area contributed by atoms with Gasteiger partial charge in [0.15, 0.2) is 0 Å². The Kier molecular flexibility index (Phi) is 6.27. The third-order valence-electron chi connectivity index (χ3n) is 5.81. The zero-order chi connectivity index (χ0) is 19.9. The topological polar surface area (TPSA) is 50.5 Å². The zero-order valence-corrected chi connectivity index (χ0v) is 16.8. The second kappa shape index (κ2) is 9.25. The van der Waals surface area contributed by atoms with Gasteiger partial charge in [0.1, 0.15) is 5.75 Å². The minimum atomic E-state index is -0.0907. The van der Waals surface area contributed by atoms with Crippen LogP contribution in [0.25, 0.3) is 5.69 Å². The number of hydrogen-bond donors (Lipinski definition) is 1. The van der Waals surface area contributed by atoms with E-state index in [2.05, 4.69) is 34.3 Å². The second-order valence-electron chi connectivity index (χ2n) is 8.00. The van der Waals surface area contributed by atoms with E-state index in [1.54, 1.807) is 6.20 Å². The van der Waals surface area contributed by atoms with Crippen molar-refractivity contribution in [1.29, 1.82) is 0 Å². The average Bonchev–Trinajstić information content (AvgIpc) is 3.30. The Hall–Kier alpha value is -2.63. The first-order chi connectivity index (χ1) is 14.3. The van der Waals surface area contributed by atoms with E-state index < -0.39 is 0 Å². The molecule has 0 saturated carbocycles. The van der Waals surface area contributed by atoms with Crippen LogP contribution in [-0.2, 0) is 6.54 Å². The standard InChI is InChI=1S/C24H29N3O2/c28-20-24(12-16-29-23-9-2-1-3-10-23)11-5-14-26(19-24)18-21-7-4-8-22(17-21)27-15-6-13-25-27/h1-4,6-10,13,15,17,28H,5,11-12,14,16,18-20H2/t24-/m0/s1. The smallest absolute Gasteiger partial charge is 0.119 e. The lowest BCUT2D eigenvalue weighted by Gasteiger charge is -2.42. The number of nitrogens with zero attached hydrogens (tertiary/aromatic N) is 3. The van der Waals surface area contributed by atoms with E-state index in [9.17, 15) is 5.11 Å². The van der Waals surface area contributed by atoms with E-state index in [1.807, 2.05) is 47.3 Å². The van der Waals surface area contributed by atoms with Gasteiger partial charge in [-0.3, -0.25) is 4.90 Å². The fraction of sp³-hybridized carbons (Fsp3) is 0.375. The third-order valence-corrected chi connectivity index (χ3v) is 5.81. The summed E-state index contributed by atoms with van der Waals surface area (Å²) in [7, 11) is 0. The molecule has 1 saturated heterocycles. The molecule has 152 valence electrons. The molecule has 1 aliphatic rings. The zero-order valence-electron chi connectivity index (χ0n) is 16.8. The number of likely N-dealkylation sites (tertiary alicyclic amines) is 1. The normalized spacial score (nSPS) is 19.9. The van der Waals surface area contributed by atoms with Crippen LogP contribution in [0.5, 0.6) is 5.75 Å². The molecule has 0 spiro atoms. The molecule has 0 aliphatic carbocycles. The number of ether oxygens (including phenoxy) is 1. The van der Waals surface area contributed by atoms with Crippen molar-refractivity contribution in [2.24, 2.45) is 5.41 Å². The number of rotatable bonds is 8. The molecule has 0 radical (unpaired) electrons. The fourth-order valence-corrected chi connectivity index (χ4v) is 4.24. The molecule has 1 aliphatic heterocycles. The predicted octanol–water partition coefficient (Wildman–Crippen LogP) is 3.92. The Morgan fingerprint density at radius 3 is 2.76 bits per heavy atom. The molecule has 3 aromatic rings. The van der Waals surface area contributed by atoms with E-state index in [0.29, 0.717) is 6.61 Å². The van der Waals surface area contributed by atoms with Crippen LogP contribution in [0.4, 0.5) is 0 Å². The van der Waals surface area contributed by atoms with E-state index in [4.69, 9.17) is 4.74 Å². The van der Waals surface area contributed by atoms with Crippen LogP contribution in [0, 0.1) is 5.41 Å². The summed E-state index contributed by atoms with van der Waals surface area (Å²) in [4.78, 5) is 2.46. The van der Waals surface area contributed by atoms with Crippen molar-refractivity contribution in [2.75, 3.05) is 26.3 Å². The molecule has 1 atom stereocenters. The Labute approximate surface area is 172 Å². The van der Waals surface area contributed by atoms with Gasteiger partial charge in [-0.2, -0.15) is 5.10 Å². The van der Waals surface area contributed by atoms with Crippen LogP contribution in [0.2, 0.25) is 0 Å². The number of hydrogen-bond acceptors (Lipinski definition) is 4. The maximum atomic E-state index is 10.2. The Morgan fingerprint density at radius 2 is 1.97 bits per heavy atom. The van der Waals surface area contributed by atoms with Crippen LogP contribution in [0.3, 0.4) is 0 Å². The summed E-state index contributed by atoms with van der Waals surface area (Å²) in [6.07, 6.45) is 6.77. The van der Waals surface area contributed by atoms with Gasteiger partial charge in [-0.25, -0.2) is 4.68 Å². The molecule has 2 aromatic carbocycles. The highest BCUT2D eigenvalue weighted by molar-refractivity contribution is 5.35. The van der Waals surface area contributed by atoms with Crippen LogP contribution in [0.15, 0.2) is 73.1 Å². The molecule has 0 unspecified atom stereocenters. The highest BCUT2D eigenvalue weighted by atomic mass is 16.5. The summed E-state index contributed by atoms with van der Waals surface area (Å²) < 4.78 is 7.79. The maximum Gasteiger partial charge on any atom is 0.119 e. The SMILES string of the molecule is OC[C@]1(CCOc2ccccc2)CCCN(Cc2cccc(-n3cccn3)c2)C1. The summed E-state index contributed by atoms with van der Waals surface area (Å²) in [5.41, 5.74) is 2.26. The van der Waals surface area contributed by atoms with Crippen molar-refractivity contribution in [3.8, 4) is 11.4 Å². The minimum Gasteiger partial charge on any atom is -0.494 e. The molecule has 0 bridgehead atoms. The predicted molar refractivity (Wildman–Crippen MR) is 114 cm³/mol. The third kappa shape index (κ3) is 5.05. The van der Waals surface area contributed by atoms with Gasteiger partial charge in [-0.15, -0.1) is 0 Å². The molecule has 1 fully saturated rings. The number of para-hydroxylation sites is 1. The molecule has 0 amide bonds. The average molecular weight is 392 g/mol. The molecular formula is C24H29N3O2. The quantitative estimate of drug-likeness (QED) is 0.632. The lowest BCUT2D eigenvalue weighted by atomic mass is 9.78. The van der Waals surface area contributed by atoms with Gasteiger partial charge in [0.05, 0.1) is 18.9 Å². The van der Waals surface area contributed by atoms with E-state index in [0.717, 1.165) is 50.3 Å². The molecule has 1 N–H and O–H groups in total. The van der Waals surface area contributed by atoms with Crippen molar-refractivity contribution in [3.05, 3.63) is 78.6 Å². The Balaban J connectivity index is 1.37. The van der Waals surface area contributed by atoms with Crippen LogP contribution in [0.1, 0.15) is 24.8 Å². The first kappa shape index (κ1) is 19.7. The Bertz CT molecular complexity index is 882. The summed E-state index contributed by atoms with van der Waals surface area (Å²) in [5, 5.41) is 14.5. The van der Waals surface area contributed by atoms with Gasteiger partial charge < -0.3 is 9.84 Å². The molecule has 4 rings (SSSR count). The first-order valence-corrected chi connectivity index (χ1v) is 10.4. The molecule has 29 heavy (non-hydrogen) atoms. The lowest BCUT2D eigenvalue weighted by Crippen LogP contribution is -2.45. The van der Waals surface area contributed by atoms with Crippen molar-refractivity contribution in [1.82, 2.24) is 14.7 Å². The lowest BCUT2D eigenvalue weighted by molar-refractivity contribution is 0.0128. The number of aromatic nitrogens is 2. The van der Waals surface area contributed by atoms with Gasteiger partial charge in [-0.1, -0.05) is 30.3 Å². The van der Waals surface area contributed by atoms with Gasteiger partial charge in [0.25, 0.3) is 0 Å². The van der Waals surface area contributed by atoms with Crippen molar-refractivity contribution in [2.45, 2.75) is 25.8 Å². The van der Waals surface area contributed by atoms with Gasteiger partial charge in [-0.05, 0) is 61.7 Å². The highest BCUT2D eigenvalue weighted by Gasteiger charge is 2.34. The number of piperidine rings is 1. The summed E-state index contributed by atoms with van der Waals surface area (Å²) in [5.74, 6) is 0.892. The van der Waals surface area contributed by atoms with E-state index in [1.165, 1.54) is 5.56 Å². The van der Waals surface area contributed by atoms with Gasteiger partial charge in [0, 0.05) is 30.9 Å². The maximum absolute atomic E-state index is 10.2. The highest BCUT2D eigenvalue weighted by Crippen LogP contribution is 2.34. The number of benzene rings is 2. The number of aliphatic hydroxyl groups excluding tert-OH is 1. The van der Waals surface area contributed by atoms with E-state index >= 15 is 0 Å².